The van der Waals surface area contributed by atoms with Crippen molar-refractivity contribution >= 4 is 40.5 Å². The lowest BCUT2D eigenvalue weighted by Gasteiger charge is -2.14. The fourth-order valence-electron chi connectivity index (χ4n) is 3.02. The average Bonchev–Trinajstić information content (AvgIpc) is 2.80. The van der Waals surface area contributed by atoms with Gasteiger partial charge in [0, 0.05) is 16.8 Å². The summed E-state index contributed by atoms with van der Waals surface area (Å²) in [6, 6.07) is 15.2. The van der Waals surface area contributed by atoms with Crippen LogP contribution in [0.3, 0.4) is 0 Å². The maximum Gasteiger partial charge on any atom is 0.286 e. The number of ether oxygens (including phenoxy) is 2. The molecule has 10 heteroatoms. The molecule has 0 aliphatic carbocycles. The van der Waals surface area contributed by atoms with Crippen LogP contribution in [0.15, 0.2) is 60.7 Å². The number of para-hydroxylation sites is 1. The SMILES string of the molecule is CCOc1cc(C(=O)Nc2ccccc2C(=O)Nc2ccc(Cl)cc2)c([N+](=O)[O-])cc1OC. The van der Waals surface area contributed by atoms with E-state index in [1.807, 2.05) is 0 Å². The monoisotopic (exact) mass is 469 g/mol. The first-order valence-corrected chi connectivity index (χ1v) is 10.2. The van der Waals surface area contributed by atoms with Crippen LogP contribution in [-0.2, 0) is 0 Å². The van der Waals surface area contributed by atoms with E-state index in [0.717, 1.165) is 6.07 Å². The van der Waals surface area contributed by atoms with E-state index in [0.29, 0.717) is 10.7 Å². The van der Waals surface area contributed by atoms with Gasteiger partial charge < -0.3 is 20.1 Å². The number of methoxy groups -OCH3 is 1. The lowest BCUT2D eigenvalue weighted by atomic mass is 10.1. The number of nitro benzene ring substituents is 1. The van der Waals surface area contributed by atoms with E-state index >= 15 is 0 Å². The van der Waals surface area contributed by atoms with Crippen molar-refractivity contribution in [3.05, 3.63) is 86.9 Å². The zero-order chi connectivity index (χ0) is 24.0. The van der Waals surface area contributed by atoms with Gasteiger partial charge in [0.1, 0.15) is 5.56 Å². The zero-order valence-electron chi connectivity index (χ0n) is 17.8. The van der Waals surface area contributed by atoms with Crippen LogP contribution >= 0.6 is 11.6 Å². The third-order valence-corrected chi connectivity index (χ3v) is 4.80. The molecule has 0 heterocycles. The molecule has 0 atom stereocenters. The molecule has 3 rings (SSSR count). The van der Waals surface area contributed by atoms with Crippen molar-refractivity contribution in [2.45, 2.75) is 6.92 Å². The lowest BCUT2D eigenvalue weighted by molar-refractivity contribution is -0.385. The van der Waals surface area contributed by atoms with Gasteiger partial charge in [0.2, 0.25) is 0 Å². The molecular formula is C23H20ClN3O6. The molecule has 0 saturated heterocycles. The van der Waals surface area contributed by atoms with E-state index in [1.165, 1.54) is 25.3 Å². The smallest absolute Gasteiger partial charge is 0.286 e. The standard InChI is InChI=1S/C23H20ClN3O6/c1-3-33-21-12-17(19(27(30)31)13-20(21)32-2)23(29)26-18-7-5-4-6-16(18)22(28)25-15-10-8-14(24)9-11-15/h4-13H,3H2,1-2H3,(H,25,28)(H,26,29). The fourth-order valence-corrected chi connectivity index (χ4v) is 3.15. The minimum Gasteiger partial charge on any atom is -0.493 e. The molecule has 3 aromatic carbocycles. The Labute approximate surface area is 194 Å². The number of rotatable bonds is 8. The first kappa shape index (κ1) is 23.6. The van der Waals surface area contributed by atoms with Crippen LogP contribution in [0, 0.1) is 10.1 Å². The Balaban J connectivity index is 1.92. The minimum absolute atomic E-state index is 0.128. The Bertz CT molecular complexity index is 1200. The summed E-state index contributed by atoms with van der Waals surface area (Å²) in [5, 5.41) is 17.4. The fraction of sp³-hybridized carbons (Fsp3) is 0.130. The normalized spacial score (nSPS) is 10.3. The molecule has 0 radical (unpaired) electrons. The van der Waals surface area contributed by atoms with Crippen LogP contribution in [0.4, 0.5) is 17.1 Å². The molecule has 0 bridgehead atoms. The van der Waals surface area contributed by atoms with Crippen molar-refractivity contribution < 1.29 is 24.0 Å². The summed E-state index contributed by atoms with van der Waals surface area (Å²) < 4.78 is 10.6. The van der Waals surface area contributed by atoms with Crippen LogP contribution in [-0.4, -0.2) is 30.5 Å². The van der Waals surface area contributed by atoms with Crippen molar-refractivity contribution in [2.24, 2.45) is 0 Å². The van der Waals surface area contributed by atoms with Gasteiger partial charge in [0.25, 0.3) is 17.5 Å². The molecule has 2 amide bonds. The van der Waals surface area contributed by atoms with Crippen molar-refractivity contribution in [1.82, 2.24) is 0 Å². The number of carbonyl (C=O) groups excluding carboxylic acids is 2. The molecule has 0 spiro atoms. The maximum atomic E-state index is 13.0. The van der Waals surface area contributed by atoms with Gasteiger partial charge in [-0.15, -0.1) is 0 Å². The minimum atomic E-state index is -0.781. The molecule has 0 saturated carbocycles. The summed E-state index contributed by atoms with van der Waals surface area (Å²) in [5.74, 6) is -0.947. The lowest BCUT2D eigenvalue weighted by Crippen LogP contribution is -2.19. The molecule has 0 aromatic heterocycles. The van der Waals surface area contributed by atoms with Crippen molar-refractivity contribution in [3.8, 4) is 11.5 Å². The average molecular weight is 470 g/mol. The molecule has 0 unspecified atom stereocenters. The van der Waals surface area contributed by atoms with Crippen LogP contribution in [0.1, 0.15) is 27.6 Å². The van der Waals surface area contributed by atoms with Crippen molar-refractivity contribution in [2.75, 3.05) is 24.4 Å². The van der Waals surface area contributed by atoms with E-state index in [-0.39, 0.29) is 34.9 Å². The summed E-state index contributed by atoms with van der Waals surface area (Å²) in [5.41, 5.74) is 0.157. The predicted molar refractivity (Wildman–Crippen MR) is 125 cm³/mol. The Morgan fingerprint density at radius 1 is 0.970 bits per heavy atom. The topological polar surface area (TPSA) is 120 Å². The molecule has 0 aliphatic rings. The van der Waals surface area contributed by atoms with E-state index in [4.69, 9.17) is 21.1 Å². The number of nitrogens with zero attached hydrogens (tertiary/aromatic N) is 1. The van der Waals surface area contributed by atoms with E-state index < -0.39 is 22.4 Å². The van der Waals surface area contributed by atoms with Gasteiger partial charge in [0.15, 0.2) is 11.5 Å². The maximum absolute atomic E-state index is 13.0. The third kappa shape index (κ3) is 5.58. The van der Waals surface area contributed by atoms with Crippen LogP contribution in [0.5, 0.6) is 11.5 Å². The molecule has 9 nitrogen and oxygen atoms in total. The largest absolute Gasteiger partial charge is 0.493 e. The molecule has 0 aliphatic heterocycles. The molecule has 33 heavy (non-hydrogen) atoms. The highest BCUT2D eigenvalue weighted by molar-refractivity contribution is 6.30. The molecule has 2 N–H and O–H groups in total. The number of benzene rings is 3. The molecular weight excluding hydrogens is 450 g/mol. The van der Waals surface area contributed by atoms with E-state index in [2.05, 4.69) is 10.6 Å². The first-order valence-electron chi connectivity index (χ1n) is 9.80. The highest BCUT2D eigenvalue weighted by atomic mass is 35.5. The van der Waals surface area contributed by atoms with Gasteiger partial charge in [-0.2, -0.15) is 0 Å². The van der Waals surface area contributed by atoms with Crippen molar-refractivity contribution in [3.63, 3.8) is 0 Å². The second-order valence-corrected chi connectivity index (χ2v) is 7.11. The van der Waals surface area contributed by atoms with Gasteiger partial charge in [0.05, 0.1) is 36.0 Å². The van der Waals surface area contributed by atoms with Crippen molar-refractivity contribution in [1.29, 1.82) is 0 Å². The second kappa shape index (κ2) is 10.5. The molecule has 0 fully saturated rings. The quantitative estimate of drug-likeness (QED) is 0.347. The summed E-state index contributed by atoms with van der Waals surface area (Å²) in [6.07, 6.45) is 0. The Kier molecular flexibility index (Phi) is 7.47. The first-order chi connectivity index (χ1) is 15.8. The number of nitro groups is 1. The summed E-state index contributed by atoms with van der Waals surface area (Å²) in [7, 11) is 1.34. The number of amides is 2. The summed E-state index contributed by atoms with van der Waals surface area (Å²) >= 11 is 5.87. The number of carbonyl (C=O) groups is 2. The number of hydrogen-bond donors (Lipinski definition) is 2. The number of halogens is 1. The number of nitrogens with one attached hydrogen (secondary N) is 2. The molecule has 3 aromatic rings. The van der Waals surface area contributed by atoms with Gasteiger partial charge >= 0.3 is 0 Å². The van der Waals surface area contributed by atoms with Crippen LogP contribution < -0.4 is 20.1 Å². The summed E-state index contributed by atoms with van der Waals surface area (Å²) in [4.78, 5) is 36.7. The Morgan fingerprint density at radius 2 is 1.64 bits per heavy atom. The van der Waals surface area contributed by atoms with Gasteiger partial charge in [-0.1, -0.05) is 23.7 Å². The van der Waals surface area contributed by atoms with E-state index in [9.17, 15) is 19.7 Å². The molecule has 170 valence electrons. The zero-order valence-corrected chi connectivity index (χ0v) is 18.5. The highest BCUT2D eigenvalue weighted by Gasteiger charge is 2.26. The van der Waals surface area contributed by atoms with Crippen LogP contribution in [0.2, 0.25) is 5.02 Å². The van der Waals surface area contributed by atoms with Gasteiger partial charge in [-0.25, -0.2) is 0 Å². The highest BCUT2D eigenvalue weighted by Crippen LogP contribution is 2.35. The van der Waals surface area contributed by atoms with Crippen LogP contribution in [0.25, 0.3) is 0 Å². The van der Waals surface area contributed by atoms with E-state index in [1.54, 1.807) is 43.3 Å². The predicted octanol–water partition coefficient (Wildman–Crippen LogP) is 5.16. The number of anilines is 2. The second-order valence-electron chi connectivity index (χ2n) is 6.67. The van der Waals surface area contributed by atoms with Gasteiger partial charge in [-0.05, 0) is 43.3 Å². The summed E-state index contributed by atoms with van der Waals surface area (Å²) in [6.45, 7) is 2.00. The number of hydrogen-bond acceptors (Lipinski definition) is 6. The Hall–Kier alpha value is -4.11. The third-order valence-electron chi connectivity index (χ3n) is 4.55. The Morgan fingerprint density at radius 3 is 2.27 bits per heavy atom. The van der Waals surface area contributed by atoms with Gasteiger partial charge in [-0.3, -0.25) is 19.7 Å².